The molecule has 1 heterocycles. The number of carbonyl (C=O) groups excluding carboxylic acids is 2. The Morgan fingerprint density at radius 1 is 1.25 bits per heavy atom. The number of esters is 2. The molecule has 0 aromatic carbocycles. The molecule has 92 valence electrons. The minimum atomic E-state index is -3.23. The van der Waals surface area contributed by atoms with Crippen molar-refractivity contribution in [2.75, 3.05) is 21.3 Å². The highest BCUT2D eigenvalue weighted by Gasteiger charge is 2.68. The van der Waals surface area contributed by atoms with Gasteiger partial charge in [0.2, 0.25) is 0 Å². The van der Waals surface area contributed by atoms with Crippen molar-refractivity contribution in [3.63, 3.8) is 0 Å². The van der Waals surface area contributed by atoms with Crippen molar-refractivity contribution in [1.82, 2.24) is 0 Å². The van der Waals surface area contributed by atoms with E-state index < -0.39 is 25.8 Å². The summed E-state index contributed by atoms with van der Waals surface area (Å²) in [6.07, 6.45) is 0.323. The van der Waals surface area contributed by atoms with Gasteiger partial charge in [-0.1, -0.05) is 6.92 Å². The number of carbonyl (C=O) groups is 2. The Hall–Kier alpha value is -0.763. The first-order valence-corrected chi connectivity index (χ1v) is 6.65. The predicted molar refractivity (Wildman–Crippen MR) is 55.5 cm³/mol. The molecular formula is C9H16O6Si. The fraction of sp³-hybridized carbons (Fsp3) is 0.778. The monoisotopic (exact) mass is 248 g/mol. The van der Waals surface area contributed by atoms with E-state index in [0.717, 1.165) is 0 Å². The fourth-order valence-electron chi connectivity index (χ4n) is 2.11. The van der Waals surface area contributed by atoms with Gasteiger partial charge in [-0.05, 0) is 6.42 Å². The summed E-state index contributed by atoms with van der Waals surface area (Å²) in [6, 6.07) is 0. The molecule has 0 aliphatic carbocycles. The average molecular weight is 248 g/mol. The van der Waals surface area contributed by atoms with Crippen LogP contribution in [0.2, 0.25) is 5.04 Å². The van der Waals surface area contributed by atoms with Crippen molar-refractivity contribution in [2.45, 2.75) is 24.8 Å². The lowest BCUT2D eigenvalue weighted by atomic mass is 10.0. The zero-order valence-corrected chi connectivity index (χ0v) is 10.9. The van der Waals surface area contributed by atoms with Crippen molar-refractivity contribution in [1.29, 1.82) is 0 Å². The van der Waals surface area contributed by atoms with E-state index in [1.807, 2.05) is 0 Å². The smallest absolute Gasteiger partial charge is 0.393 e. The molecule has 0 aromatic rings. The van der Waals surface area contributed by atoms with Crippen LogP contribution in [0.25, 0.3) is 0 Å². The van der Waals surface area contributed by atoms with E-state index in [4.69, 9.17) is 13.3 Å². The van der Waals surface area contributed by atoms with Gasteiger partial charge in [-0.15, -0.1) is 0 Å². The Morgan fingerprint density at radius 3 is 2.00 bits per heavy atom. The first-order valence-electron chi connectivity index (χ1n) is 4.92. The lowest BCUT2D eigenvalue weighted by molar-refractivity contribution is -0.153. The van der Waals surface area contributed by atoms with Gasteiger partial charge in [0.15, 0.2) is 0 Å². The van der Waals surface area contributed by atoms with Crippen molar-refractivity contribution in [2.24, 2.45) is 0 Å². The van der Waals surface area contributed by atoms with E-state index in [-0.39, 0.29) is 6.42 Å². The molecule has 0 aromatic heterocycles. The summed E-state index contributed by atoms with van der Waals surface area (Å²) < 4.78 is 20.4. The minimum absolute atomic E-state index is 0.0515. The Balaban J connectivity index is 3.21. The molecule has 0 N–H and O–H groups in total. The van der Waals surface area contributed by atoms with Gasteiger partial charge < -0.3 is 18.0 Å². The lowest BCUT2D eigenvalue weighted by Gasteiger charge is -2.36. The molecule has 1 rings (SSSR count). The van der Waals surface area contributed by atoms with E-state index in [9.17, 15) is 9.59 Å². The quantitative estimate of drug-likeness (QED) is 0.400. The van der Waals surface area contributed by atoms with Gasteiger partial charge in [0.1, 0.15) is 5.04 Å². The molecule has 0 saturated carbocycles. The summed E-state index contributed by atoms with van der Waals surface area (Å²) in [5.41, 5.74) is 0. The van der Waals surface area contributed by atoms with E-state index in [1.54, 1.807) is 6.92 Å². The Labute approximate surface area is 95.2 Å². The van der Waals surface area contributed by atoms with Crippen LogP contribution >= 0.6 is 0 Å². The maximum atomic E-state index is 11.8. The Morgan fingerprint density at radius 2 is 1.75 bits per heavy atom. The van der Waals surface area contributed by atoms with Crippen molar-refractivity contribution in [3.05, 3.63) is 0 Å². The number of hydrogen-bond acceptors (Lipinski definition) is 6. The van der Waals surface area contributed by atoms with Gasteiger partial charge in [0.05, 0.1) is 6.42 Å². The molecule has 16 heavy (non-hydrogen) atoms. The van der Waals surface area contributed by atoms with Crippen LogP contribution in [0, 0.1) is 0 Å². The summed E-state index contributed by atoms with van der Waals surface area (Å²) in [6.45, 7) is 1.78. The third-order valence-corrected chi connectivity index (χ3v) is 6.56. The van der Waals surface area contributed by atoms with Crippen molar-refractivity contribution in [3.8, 4) is 0 Å². The van der Waals surface area contributed by atoms with Crippen LogP contribution in [0.15, 0.2) is 0 Å². The number of hydrogen-bond donors (Lipinski definition) is 0. The molecule has 0 spiro atoms. The molecular weight excluding hydrogens is 232 g/mol. The van der Waals surface area contributed by atoms with Gasteiger partial charge in [0, 0.05) is 21.3 Å². The van der Waals surface area contributed by atoms with Crippen LogP contribution in [-0.2, 0) is 27.6 Å². The van der Waals surface area contributed by atoms with Gasteiger partial charge in [-0.25, -0.2) is 0 Å². The van der Waals surface area contributed by atoms with E-state index in [1.165, 1.54) is 21.3 Å². The zero-order chi connectivity index (χ0) is 12.4. The number of ether oxygens (including phenoxy) is 1. The SMILES string of the molecule is CCC1([Si](OC)(OC)OC)CC(=O)OC1=O. The van der Waals surface area contributed by atoms with Crippen molar-refractivity contribution < 1.29 is 27.6 Å². The lowest BCUT2D eigenvalue weighted by Crippen LogP contribution is -2.56. The topological polar surface area (TPSA) is 71.1 Å². The summed E-state index contributed by atoms with van der Waals surface area (Å²) in [5.74, 6) is -1.17. The van der Waals surface area contributed by atoms with Crippen molar-refractivity contribution >= 4 is 20.7 Å². The van der Waals surface area contributed by atoms with Gasteiger partial charge in [-0.2, -0.15) is 0 Å². The van der Waals surface area contributed by atoms with Crippen LogP contribution < -0.4 is 0 Å². The van der Waals surface area contributed by atoms with Gasteiger partial charge >= 0.3 is 20.7 Å². The number of cyclic esters (lactones) is 2. The summed E-state index contributed by atoms with van der Waals surface area (Å²) in [5, 5.41) is -1.11. The van der Waals surface area contributed by atoms with E-state index >= 15 is 0 Å². The molecule has 6 nitrogen and oxygen atoms in total. The standard InChI is InChI=1S/C9H16O6Si/c1-5-9(6-7(10)15-8(9)11)16(12-2,13-3)14-4/h5-6H2,1-4H3. The van der Waals surface area contributed by atoms with E-state index in [2.05, 4.69) is 4.74 Å². The Kier molecular flexibility index (Phi) is 3.84. The van der Waals surface area contributed by atoms with Gasteiger partial charge in [0.25, 0.3) is 0 Å². The van der Waals surface area contributed by atoms with Crippen LogP contribution in [0.3, 0.4) is 0 Å². The highest BCUT2D eigenvalue weighted by Crippen LogP contribution is 2.50. The van der Waals surface area contributed by atoms with Crippen LogP contribution in [0.1, 0.15) is 19.8 Å². The van der Waals surface area contributed by atoms with Gasteiger partial charge in [-0.3, -0.25) is 9.59 Å². The molecule has 1 atom stereocenters. The molecule has 0 radical (unpaired) electrons. The maximum absolute atomic E-state index is 11.8. The highest BCUT2D eigenvalue weighted by atomic mass is 28.4. The minimum Gasteiger partial charge on any atom is -0.393 e. The highest BCUT2D eigenvalue weighted by molar-refractivity contribution is 6.69. The first-order chi connectivity index (χ1) is 7.51. The molecule has 1 fully saturated rings. The largest absolute Gasteiger partial charge is 0.518 e. The van der Waals surface area contributed by atoms with Crippen LogP contribution in [0.5, 0.6) is 0 Å². The predicted octanol–water partition coefficient (Wildman–Crippen LogP) is 0.488. The molecule has 0 amide bonds. The maximum Gasteiger partial charge on any atom is 0.518 e. The molecule has 1 aliphatic rings. The molecule has 1 unspecified atom stereocenters. The van der Waals surface area contributed by atoms with Crippen LogP contribution in [-0.4, -0.2) is 42.1 Å². The van der Waals surface area contributed by atoms with E-state index in [0.29, 0.717) is 6.42 Å². The summed E-state index contributed by atoms with van der Waals surface area (Å²) in [7, 11) is 0.993. The Bertz CT molecular complexity index is 292. The number of rotatable bonds is 5. The second-order valence-electron chi connectivity index (χ2n) is 3.54. The fourth-order valence-corrected chi connectivity index (χ4v) is 4.88. The molecule has 1 saturated heterocycles. The zero-order valence-electron chi connectivity index (χ0n) is 9.86. The third-order valence-electron chi connectivity index (χ3n) is 3.04. The summed E-state index contributed by atoms with van der Waals surface area (Å²) in [4.78, 5) is 23.0. The van der Waals surface area contributed by atoms with Crippen LogP contribution in [0.4, 0.5) is 0 Å². The molecule has 7 heteroatoms. The molecule has 1 aliphatic heterocycles. The second-order valence-corrected chi connectivity index (χ2v) is 6.84. The summed E-state index contributed by atoms with van der Waals surface area (Å²) >= 11 is 0. The third kappa shape index (κ3) is 1.60. The second kappa shape index (κ2) is 4.62. The average Bonchev–Trinajstić information content (AvgIpc) is 2.58. The molecule has 0 bridgehead atoms. The normalized spacial score (nSPS) is 26.0. The first kappa shape index (κ1) is 13.3.